The predicted octanol–water partition coefficient (Wildman–Crippen LogP) is -0.424. The summed E-state index contributed by atoms with van der Waals surface area (Å²) in [5.41, 5.74) is 1.61. The van der Waals surface area contributed by atoms with Crippen LogP contribution < -0.4 is 20.8 Å². The molecule has 0 aromatic heterocycles. The smallest absolute Gasteiger partial charge is 0.248 e. The fraction of sp³-hybridized carbons (Fsp3) is 0. The van der Waals surface area contributed by atoms with Crippen molar-refractivity contribution in [1.82, 2.24) is 0 Å². The molecule has 0 radical (unpaired) electrons. The van der Waals surface area contributed by atoms with Crippen LogP contribution >= 0.6 is 0 Å². The molecule has 2 N–H and O–H groups in total. The molecule has 0 bridgehead atoms. The average molecular weight is 402 g/mol. The van der Waals surface area contributed by atoms with Gasteiger partial charge in [-0.05, 0) is 36.4 Å². The Bertz CT molecular complexity index is 1020. The molecule has 0 aliphatic carbocycles. The van der Waals surface area contributed by atoms with Gasteiger partial charge < -0.3 is 30.4 Å². The van der Waals surface area contributed by atoms with Gasteiger partial charge in [-0.25, -0.2) is 0 Å². The second-order valence-electron chi connectivity index (χ2n) is 5.62. The van der Waals surface area contributed by atoms with Crippen LogP contribution in [0.5, 0.6) is 0 Å². The number of carboxylic acids is 2. The van der Waals surface area contributed by atoms with E-state index >= 15 is 0 Å². The molecule has 0 heterocycles. The average Bonchev–Trinajstić information content (AvgIpc) is 2.71. The molecule has 2 aromatic rings. The number of hydrogen-bond donors (Lipinski definition) is 2. The second-order valence-corrected chi connectivity index (χ2v) is 5.62. The second kappa shape index (κ2) is 10.6. The van der Waals surface area contributed by atoms with Crippen molar-refractivity contribution in [1.29, 1.82) is 0 Å². The Kier molecular flexibility index (Phi) is 7.68. The van der Waals surface area contributed by atoms with Crippen molar-refractivity contribution in [2.45, 2.75) is 0 Å². The minimum atomic E-state index is -1.49. The summed E-state index contributed by atoms with van der Waals surface area (Å²) in [7, 11) is 0. The van der Waals surface area contributed by atoms with Crippen LogP contribution in [0.25, 0.3) is 0 Å². The third kappa shape index (κ3) is 7.17. The van der Waals surface area contributed by atoms with Crippen LogP contribution in [0, 0.1) is 11.8 Å². The Morgan fingerprint density at radius 1 is 0.633 bits per heavy atom. The Labute approximate surface area is 171 Å². The van der Waals surface area contributed by atoms with Gasteiger partial charge >= 0.3 is 0 Å². The number of carbonyl (C=O) groups excluding carboxylic acids is 4. The molecule has 30 heavy (non-hydrogen) atoms. The van der Waals surface area contributed by atoms with Crippen molar-refractivity contribution < 1.29 is 29.4 Å². The summed E-state index contributed by atoms with van der Waals surface area (Å²) in [6.07, 6.45) is 2.86. The van der Waals surface area contributed by atoms with E-state index in [-0.39, 0.29) is 0 Å². The van der Waals surface area contributed by atoms with E-state index in [4.69, 9.17) is 0 Å². The lowest BCUT2D eigenvalue weighted by molar-refractivity contribution is -0.298. The first-order chi connectivity index (χ1) is 14.3. The van der Waals surface area contributed by atoms with Crippen molar-refractivity contribution in [3.63, 3.8) is 0 Å². The van der Waals surface area contributed by atoms with Crippen LogP contribution in [0.15, 0.2) is 72.8 Å². The standard InChI is InChI=1S/C22H16N2O6/c25-19(11-13-21(27)28)23-17-7-3-1-5-15(17)9-10-16-6-2-4-8-18(16)24-20(26)12-14-22(29)30/h1-8,11-14H,(H,23,25)(H,24,26)(H,27,28)(H,29,30)/p-2. The fourth-order valence-corrected chi connectivity index (χ4v) is 2.17. The fourth-order valence-electron chi connectivity index (χ4n) is 2.17. The van der Waals surface area contributed by atoms with Crippen LogP contribution in [0.4, 0.5) is 11.4 Å². The lowest BCUT2D eigenvalue weighted by atomic mass is 10.1. The normalized spacial score (nSPS) is 10.3. The quantitative estimate of drug-likeness (QED) is 0.497. The molecular formula is C22H14N2O6-2. The van der Waals surface area contributed by atoms with Crippen molar-refractivity contribution in [2.75, 3.05) is 10.6 Å². The molecule has 0 atom stereocenters. The maximum absolute atomic E-state index is 11.8. The van der Waals surface area contributed by atoms with Gasteiger partial charge in [0.2, 0.25) is 11.8 Å². The Hall–Kier alpha value is -4.64. The summed E-state index contributed by atoms with van der Waals surface area (Å²) < 4.78 is 0. The van der Waals surface area contributed by atoms with Gasteiger partial charge in [0.05, 0.1) is 23.3 Å². The van der Waals surface area contributed by atoms with E-state index in [1.807, 2.05) is 0 Å². The maximum atomic E-state index is 11.8. The molecule has 8 nitrogen and oxygen atoms in total. The molecule has 0 fully saturated rings. The molecule has 0 saturated carbocycles. The highest BCUT2D eigenvalue weighted by Crippen LogP contribution is 2.17. The Balaban J connectivity index is 2.25. The van der Waals surface area contributed by atoms with E-state index in [1.54, 1.807) is 48.5 Å². The highest BCUT2D eigenvalue weighted by molar-refractivity contribution is 6.03. The van der Waals surface area contributed by atoms with Crippen LogP contribution in [-0.2, 0) is 19.2 Å². The maximum Gasteiger partial charge on any atom is 0.248 e. The summed E-state index contributed by atoms with van der Waals surface area (Å²) in [4.78, 5) is 44.4. The van der Waals surface area contributed by atoms with Gasteiger partial charge in [0.25, 0.3) is 0 Å². The van der Waals surface area contributed by atoms with Gasteiger partial charge in [-0.3, -0.25) is 9.59 Å². The van der Waals surface area contributed by atoms with Crippen LogP contribution in [0.1, 0.15) is 11.1 Å². The van der Waals surface area contributed by atoms with E-state index < -0.39 is 23.8 Å². The van der Waals surface area contributed by atoms with Crippen LogP contribution in [0.3, 0.4) is 0 Å². The highest BCUT2D eigenvalue weighted by Gasteiger charge is 2.04. The molecule has 0 aliphatic rings. The first-order valence-electron chi connectivity index (χ1n) is 8.45. The minimum absolute atomic E-state index is 0.358. The van der Waals surface area contributed by atoms with Gasteiger partial charge in [-0.2, -0.15) is 0 Å². The lowest BCUT2D eigenvalue weighted by Crippen LogP contribution is -2.20. The number of aliphatic carboxylic acids is 2. The summed E-state index contributed by atoms with van der Waals surface area (Å²) in [5.74, 6) is 1.43. The predicted molar refractivity (Wildman–Crippen MR) is 104 cm³/mol. The first-order valence-corrected chi connectivity index (χ1v) is 8.45. The van der Waals surface area contributed by atoms with E-state index in [0.717, 1.165) is 12.2 Å². The zero-order chi connectivity index (χ0) is 21.9. The van der Waals surface area contributed by atoms with Crippen molar-refractivity contribution >= 4 is 35.1 Å². The van der Waals surface area contributed by atoms with E-state index in [2.05, 4.69) is 22.5 Å². The molecule has 0 spiro atoms. The van der Waals surface area contributed by atoms with Gasteiger partial charge in [-0.15, -0.1) is 0 Å². The molecule has 150 valence electrons. The number of anilines is 2. The third-order valence-corrected chi connectivity index (χ3v) is 3.44. The lowest BCUT2D eigenvalue weighted by Gasteiger charge is -2.06. The first kappa shape index (κ1) is 21.7. The number of nitrogens with one attached hydrogen (secondary N) is 2. The third-order valence-electron chi connectivity index (χ3n) is 3.44. The SMILES string of the molecule is O=C([O-])C=CC(=O)Nc1ccccc1C#Cc1ccccc1NC(=O)C=CC(=O)[O-]. The van der Waals surface area contributed by atoms with E-state index in [9.17, 15) is 29.4 Å². The number of para-hydroxylation sites is 2. The monoisotopic (exact) mass is 402 g/mol. The van der Waals surface area contributed by atoms with E-state index in [1.165, 1.54) is 0 Å². The molecule has 0 aliphatic heterocycles. The molecule has 2 aromatic carbocycles. The topological polar surface area (TPSA) is 138 Å². The summed E-state index contributed by atoms with van der Waals surface area (Å²) in [5, 5.41) is 25.8. The van der Waals surface area contributed by atoms with Crippen LogP contribution in [0.2, 0.25) is 0 Å². The molecular weight excluding hydrogens is 388 g/mol. The summed E-state index contributed by atoms with van der Waals surface area (Å²) in [6.45, 7) is 0. The number of carboxylic acid groups (broad SMARTS) is 2. The summed E-state index contributed by atoms with van der Waals surface area (Å²) in [6, 6.07) is 13.2. The van der Waals surface area contributed by atoms with Gasteiger partial charge in [0, 0.05) is 23.3 Å². The number of hydrogen-bond acceptors (Lipinski definition) is 6. The van der Waals surface area contributed by atoms with Crippen LogP contribution in [-0.4, -0.2) is 23.8 Å². The number of benzene rings is 2. The molecule has 2 amide bonds. The van der Waals surface area contributed by atoms with Crippen molar-refractivity contribution in [3.05, 3.63) is 84.0 Å². The number of rotatable bonds is 6. The largest absolute Gasteiger partial charge is 0.545 e. The zero-order valence-corrected chi connectivity index (χ0v) is 15.4. The van der Waals surface area contributed by atoms with Gasteiger partial charge in [0.15, 0.2) is 0 Å². The molecule has 0 saturated heterocycles. The van der Waals surface area contributed by atoms with E-state index in [0.29, 0.717) is 34.7 Å². The van der Waals surface area contributed by atoms with Crippen molar-refractivity contribution in [3.8, 4) is 11.8 Å². The Morgan fingerprint density at radius 2 is 1.00 bits per heavy atom. The van der Waals surface area contributed by atoms with Gasteiger partial charge in [-0.1, -0.05) is 36.1 Å². The summed E-state index contributed by atoms with van der Waals surface area (Å²) >= 11 is 0. The Morgan fingerprint density at radius 3 is 1.37 bits per heavy atom. The van der Waals surface area contributed by atoms with Gasteiger partial charge in [0.1, 0.15) is 0 Å². The zero-order valence-electron chi connectivity index (χ0n) is 15.4. The number of carbonyl (C=O) groups is 4. The number of amides is 2. The van der Waals surface area contributed by atoms with Crippen molar-refractivity contribution in [2.24, 2.45) is 0 Å². The minimum Gasteiger partial charge on any atom is -0.545 e. The molecule has 0 unspecified atom stereocenters. The highest BCUT2D eigenvalue weighted by atomic mass is 16.4. The molecule has 8 heteroatoms. The molecule has 2 rings (SSSR count).